The fourth-order valence-corrected chi connectivity index (χ4v) is 8.26. The van der Waals surface area contributed by atoms with E-state index in [2.05, 4.69) is 118 Å². The Morgan fingerprint density at radius 3 is 0.889 bits per heavy atom. The van der Waals surface area contributed by atoms with Gasteiger partial charge in [-0.1, -0.05) is 240 Å². The number of allylic oxidation sites excluding steroid dienone is 16. The lowest BCUT2D eigenvalue weighted by atomic mass is 10.1. The smallest absolute Gasteiger partial charge is 0.306 e. The number of unbranched alkanes of at least 4 members (excludes halogenated alkanes) is 27. The zero-order valence-corrected chi connectivity index (χ0v) is 47.2. The molecule has 6 nitrogen and oxygen atoms in total. The van der Waals surface area contributed by atoms with Gasteiger partial charge in [0.1, 0.15) is 13.2 Å². The van der Waals surface area contributed by atoms with Crippen molar-refractivity contribution >= 4 is 17.9 Å². The van der Waals surface area contributed by atoms with Crippen LogP contribution >= 0.6 is 0 Å². The van der Waals surface area contributed by atoms with Crippen LogP contribution in [0.3, 0.4) is 0 Å². The van der Waals surface area contributed by atoms with Gasteiger partial charge in [-0.2, -0.15) is 0 Å². The number of hydrogen-bond acceptors (Lipinski definition) is 6. The summed E-state index contributed by atoms with van der Waals surface area (Å²) in [6.07, 6.45) is 79.7. The molecule has 0 saturated carbocycles. The SMILES string of the molecule is CC/C=C\C/C=C\C/C=C\C/C=C\C/C=C\CCCCCCCCCCCC(=O)OCC(COC(=O)CCCCCCC/C=C\CCCCCCC)OC(=O)CCCCCCC/C=C\C/C=C\CCCCC. The van der Waals surface area contributed by atoms with E-state index in [0.717, 1.165) is 128 Å². The van der Waals surface area contributed by atoms with Gasteiger partial charge in [0.2, 0.25) is 0 Å². The summed E-state index contributed by atoms with van der Waals surface area (Å²) in [6, 6.07) is 0. The Labute approximate surface area is 445 Å². The first kappa shape index (κ1) is 68.3. The van der Waals surface area contributed by atoms with Crippen molar-refractivity contribution in [1.29, 1.82) is 0 Å². The number of carbonyl (C=O) groups is 3. The van der Waals surface area contributed by atoms with Crippen molar-refractivity contribution in [2.45, 2.75) is 290 Å². The molecule has 0 aliphatic carbocycles. The van der Waals surface area contributed by atoms with Gasteiger partial charge in [-0.3, -0.25) is 14.4 Å². The highest BCUT2D eigenvalue weighted by Gasteiger charge is 2.19. The van der Waals surface area contributed by atoms with Crippen molar-refractivity contribution in [1.82, 2.24) is 0 Å². The van der Waals surface area contributed by atoms with Crippen LogP contribution in [0.1, 0.15) is 284 Å². The van der Waals surface area contributed by atoms with E-state index in [1.54, 1.807) is 0 Å². The minimum absolute atomic E-state index is 0.0889. The molecule has 1 atom stereocenters. The van der Waals surface area contributed by atoms with Crippen molar-refractivity contribution in [3.8, 4) is 0 Å². The molecule has 0 aromatic carbocycles. The van der Waals surface area contributed by atoms with E-state index >= 15 is 0 Å². The first-order chi connectivity index (χ1) is 35.5. The summed E-state index contributed by atoms with van der Waals surface area (Å²) in [5.41, 5.74) is 0. The Hall–Kier alpha value is -3.67. The zero-order chi connectivity index (χ0) is 52.2. The van der Waals surface area contributed by atoms with Crippen molar-refractivity contribution in [2.75, 3.05) is 13.2 Å². The van der Waals surface area contributed by atoms with Crippen LogP contribution < -0.4 is 0 Å². The third kappa shape index (κ3) is 57.2. The molecule has 0 fully saturated rings. The lowest BCUT2D eigenvalue weighted by Crippen LogP contribution is -2.30. The largest absolute Gasteiger partial charge is 0.462 e. The summed E-state index contributed by atoms with van der Waals surface area (Å²) in [6.45, 7) is 6.48. The van der Waals surface area contributed by atoms with E-state index in [4.69, 9.17) is 14.2 Å². The van der Waals surface area contributed by atoms with Crippen LogP contribution in [0.4, 0.5) is 0 Å². The van der Waals surface area contributed by atoms with Gasteiger partial charge >= 0.3 is 17.9 Å². The second-order valence-electron chi connectivity index (χ2n) is 19.9. The maximum absolute atomic E-state index is 12.9. The average molecular weight is 1000 g/mol. The van der Waals surface area contributed by atoms with Gasteiger partial charge in [0, 0.05) is 19.3 Å². The second kappa shape index (κ2) is 59.9. The minimum atomic E-state index is -0.792. The molecule has 0 N–H and O–H groups in total. The molecule has 412 valence electrons. The molecule has 72 heavy (non-hydrogen) atoms. The topological polar surface area (TPSA) is 78.9 Å². The highest BCUT2D eigenvalue weighted by molar-refractivity contribution is 5.71. The van der Waals surface area contributed by atoms with E-state index in [1.165, 1.54) is 116 Å². The van der Waals surface area contributed by atoms with Crippen molar-refractivity contribution in [3.05, 3.63) is 97.2 Å². The van der Waals surface area contributed by atoms with Gasteiger partial charge in [-0.25, -0.2) is 0 Å². The molecule has 1 unspecified atom stereocenters. The van der Waals surface area contributed by atoms with Crippen LogP contribution in [0.25, 0.3) is 0 Å². The van der Waals surface area contributed by atoms with Crippen molar-refractivity contribution in [3.63, 3.8) is 0 Å². The van der Waals surface area contributed by atoms with Gasteiger partial charge in [-0.05, 0) is 122 Å². The van der Waals surface area contributed by atoms with E-state index in [-0.39, 0.29) is 31.1 Å². The quantitative estimate of drug-likeness (QED) is 0.0261. The molecule has 0 rings (SSSR count). The number of esters is 3. The number of ether oxygens (including phenoxy) is 3. The predicted octanol–water partition coefficient (Wildman–Crippen LogP) is 20.5. The Morgan fingerprint density at radius 1 is 0.292 bits per heavy atom. The van der Waals surface area contributed by atoms with Crippen molar-refractivity contribution < 1.29 is 28.6 Å². The molecule has 0 spiro atoms. The monoisotopic (exact) mass is 1000 g/mol. The number of carbonyl (C=O) groups excluding carboxylic acids is 3. The summed E-state index contributed by atoms with van der Waals surface area (Å²) in [4.78, 5) is 38.2. The summed E-state index contributed by atoms with van der Waals surface area (Å²) >= 11 is 0. The lowest BCUT2D eigenvalue weighted by molar-refractivity contribution is -0.167. The first-order valence-corrected chi connectivity index (χ1v) is 30.2. The van der Waals surface area contributed by atoms with Gasteiger partial charge in [0.15, 0.2) is 6.10 Å². The molecule has 0 heterocycles. The van der Waals surface area contributed by atoms with Crippen LogP contribution in [0, 0.1) is 0 Å². The standard InChI is InChI=1S/C66H112O6/c1-4-7-10-13-16-19-22-25-28-29-30-31-32-33-34-35-36-37-39-41-44-47-50-53-56-59-65(68)71-62-63(61-70-64(67)58-55-52-49-46-43-40-27-24-21-18-15-12-9-6-3)72-66(69)60-57-54-51-48-45-42-38-26-23-20-17-14-11-8-5-2/h7,10,16-17,19-20,24-28,30-31,33-34,38,63H,4-6,8-9,11-15,18,21-23,29,32,35-37,39-62H2,1-3H3/b10-7-,19-16-,20-17-,27-24-,28-25-,31-30-,34-33-,38-26-. The van der Waals surface area contributed by atoms with Crippen LogP contribution in [0.2, 0.25) is 0 Å². The van der Waals surface area contributed by atoms with Crippen LogP contribution in [0.15, 0.2) is 97.2 Å². The molecule has 0 aliphatic heterocycles. The average Bonchev–Trinajstić information content (AvgIpc) is 3.38. The zero-order valence-electron chi connectivity index (χ0n) is 47.2. The lowest BCUT2D eigenvalue weighted by Gasteiger charge is -2.18. The third-order valence-corrected chi connectivity index (χ3v) is 12.8. The second-order valence-corrected chi connectivity index (χ2v) is 19.9. The normalized spacial score (nSPS) is 12.8. The Morgan fingerprint density at radius 2 is 0.542 bits per heavy atom. The molecule has 0 aliphatic rings. The molecule has 0 amide bonds. The summed E-state index contributed by atoms with van der Waals surface area (Å²) in [7, 11) is 0. The highest BCUT2D eigenvalue weighted by atomic mass is 16.6. The van der Waals surface area contributed by atoms with Crippen LogP contribution in [-0.4, -0.2) is 37.2 Å². The van der Waals surface area contributed by atoms with Crippen molar-refractivity contribution in [2.24, 2.45) is 0 Å². The molecule has 6 heteroatoms. The Bertz CT molecular complexity index is 1430. The van der Waals surface area contributed by atoms with Gasteiger partial charge < -0.3 is 14.2 Å². The van der Waals surface area contributed by atoms with Gasteiger partial charge in [0.05, 0.1) is 0 Å². The fourth-order valence-electron chi connectivity index (χ4n) is 8.26. The maximum Gasteiger partial charge on any atom is 0.306 e. The van der Waals surface area contributed by atoms with Gasteiger partial charge in [-0.15, -0.1) is 0 Å². The predicted molar refractivity (Wildman–Crippen MR) is 311 cm³/mol. The van der Waals surface area contributed by atoms with Crippen LogP contribution in [0.5, 0.6) is 0 Å². The van der Waals surface area contributed by atoms with E-state index in [1.807, 2.05) is 0 Å². The number of rotatable bonds is 54. The maximum atomic E-state index is 12.9. The van der Waals surface area contributed by atoms with E-state index < -0.39 is 6.10 Å². The summed E-state index contributed by atoms with van der Waals surface area (Å²) in [5.74, 6) is -0.911. The molecular weight excluding hydrogens is 889 g/mol. The molecule has 0 bridgehead atoms. The molecule has 0 radical (unpaired) electrons. The molecule has 0 saturated heterocycles. The highest BCUT2D eigenvalue weighted by Crippen LogP contribution is 2.15. The van der Waals surface area contributed by atoms with Gasteiger partial charge in [0.25, 0.3) is 0 Å². The van der Waals surface area contributed by atoms with E-state index in [9.17, 15) is 14.4 Å². The number of hydrogen-bond donors (Lipinski definition) is 0. The minimum Gasteiger partial charge on any atom is -0.462 e. The molecule has 0 aromatic heterocycles. The Balaban J connectivity index is 4.35. The van der Waals surface area contributed by atoms with E-state index in [0.29, 0.717) is 19.3 Å². The third-order valence-electron chi connectivity index (χ3n) is 12.8. The van der Waals surface area contributed by atoms with Crippen LogP contribution in [-0.2, 0) is 28.6 Å². The molecule has 0 aromatic rings. The summed E-state index contributed by atoms with van der Waals surface area (Å²) < 4.78 is 16.9. The fraction of sp³-hybridized carbons (Fsp3) is 0.712. The Kier molecular flexibility index (Phi) is 56.8. The summed E-state index contributed by atoms with van der Waals surface area (Å²) in [5, 5.41) is 0. The molecular formula is C66H112O6. The first-order valence-electron chi connectivity index (χ1n) is 30.2.